The van der Waals surface area contributed by atoms with E-state index in [4.69, 9.17) is 9.47 Å². The Balaban J connectivity index is 1.91. The molecule has 0 bridgehead atoms. The lowest BCUT2D eigenvalue weighted by Crippen LogP contribution is -2.18. The van der Waals surface area contributed by atoms with E-state index in [0.717, 1.165) is 11.3 Å². The second-order valence-corrected chi connectivity index (χ2v) is 5.46. The van der Waals surface area contributed by atoms with Crippen LogP contribution in [0.5, 0.6) is 11.5 Å². The van der Waals surface area contributed by atoms with E-state index in [1.165, 1.54) is 16.7 Å². The monoisotopic (exact) mass is 284 g/mol. The van der Waals surface area contributed by atoms with Gasteiger partial charge in [0, 0.05) is 12.0 Å². The highest BCUT2D eigenvalue weighted by Gasteiger charge is 2.21. The molecule has 2 aromatic rings. The molecular formula is C18H20O3. The summed E-state index contributed by atoms with van der Waals surface area (Å²) in [5.41, 5.74) is 4.40. The number of hydrogen-bond donors (Lipinski definition) is 1. The SMILES string of the molecule is Cc1cccc(C)c1CC(O)c1cccc2c1OCCO2. The summed E-state index contributed by atoms with van der Waals surface area (Å²) in [5.74, 6) is 1.40. The second-order valence-electron chi connectivity index (χ2n) is 5.46. The molecule has 0 aromatic heterocycles. The van der Waals surface area contributed by atoms with Crippen molar-refractivity contribution in [1.82, 2.24) is 0 Å². The molecule has 0 saturated heterocycles. The Hall–Kier alpha value is -2.00. The van der Waals surface area contributed by atoms with Gasteiger partial charge in [0.15, 0.2) is 11.5 Å². The summed E-state index contributed by atoms with van der Waals surface area (Å²) in [6.45, 7) is 5.24. The van der Waals surface area contributed by atoms with E-state index in [1.807, 2.05) is 24.3 Å². The van der Waals surface area contributed by atoms with Crippen molar-refractivity contribution in [2.24, 2.45) is 0 Å². The first-order valence-electron chi connectivity index (χ1n) is 7.28. The number of aryl methyl sites for hydroxylation is 2. The molecule has 0 saturated carbocycles. The molecular weight excluding hydrogens is 264 g/mol. The standard InChI is InChI=1S/C18H20O3/c1-12-5-3-6-13(2)15(12)11-16(19)14-7-4-8-17-18(14)21-10-9-20-17/h3-8,16,19H,9-11H2,1-2H3. The third-order valence-electron chi connectivity index (χ3n) is 4.00. The van der Waals surface area contributed by atoms with Crippen LogP contribution in [-0.2, 0) is 6.42 Å². The Bertz CT molecular complexity index is 629. The van der Waals surface area contributed by atoms with Gasteiger partial charge in [-0.1, -0.05) is 30.3 Å². The largest absolute Gasteiger partial charge is 0.486 e. The normalized spacial score (nSPS) is 14.8. The van der Waals surface area contributed by atoms with Gasteiger partial charge in [0.05, 0.1) is 6.10 Å². The molecule has 1 aliphatic rings. The van der Waals surface area contributed by atoms with Gasteiger partial charge in [0.2, 0.25) is 0 Å². The predicted octanol–water partition coefficient (Wildman–Crippen LogP) is 3.35. The maximum Gasteiger partial charge on any atom is 0.167 e. The summed E-state index contributed by atoms with van der Waals surface area (Å²) in [6.07, 6.45) is -0.0142. The molecule has 21 heavy (non-hydrogen) atoms. The molecule has 0 aliphatic carbocycles. The molecule has 3 heteroatoms. The lowest BCUT2D eigenvalue weighted by Gasteiger charge is -2.23. The molecule has 0 spiro atoms. The van der Waals surface area contributed by atoms with E-state index in [-0.39, 0.29) is 0 Å². The minimum atomic E-state index is -0.596. The third kappa shape index (κ3) is 2.74. The zero-order chi connectivity index (χ0) is 14.8. The third-order valence-corrected chi connectivity index (χ3v) is 4.00. The fraction of sp³-hybridized carbons (Fsp3) is 0.333. The fourth-order valence-electron chi connectivity index (χ4n) is 2.83. The van der Waals surface area contributed by atoms with E-state index in [2.05, 4.69) is 26.0 Å². The summed E-state index contributed by atoms with van der Waals surface area (Å²) in [7, 11) is 0. The van der Waals surface area contributed by atoms with Gasteiger partial charge in [-0.25, -0.2) is 0 Å². The Morgan fingerprint density at radius 2 is 1.67 bits per heavy atom. The molecule has 3 rings (SSSR count). The minimum Gasteiger partial charge on any atom is -0.486 e. The average molecular weight is 284 g/mol. The van der Waals surface area contributed by atoms with Gasteiger partial charge < -0.3 is 14.6 Å². The van der Waals surface area contributed by atoms with Crippen LogP contribution in [-0.4, -0.2) is 18.3 Å². The van der Waals surface area contributed by atoms with E-state index >= 15 is 0 Å². The number of aliphatic hydroxyl groups is 1. The second kappa shape index (κ2) is 5.78. The molecule has 1 unspecified atom stereocenters. The zero-order valence-electron chi connectivity index (χ0n) is 12.4. The van der Waals surface area contributed by atoms with Gasteiger partial charge in [0.1, 0.15) is 13.2 Å². The van der Waals surface area contributed by atoms with Crippen LogP contribution in [0.3, 0.4) is 0 Å². The molecule has 1 N–H and O–H groups in total. The highest BCUT2D eigenvalue weighted by Crippen LogP contribution is 2.38. The first kappa shape index (κ1) is 14.0. The zero-order valence-corrected chi connectivity index (χ0v) is 12.4. The molecule has 110 valence electrons. The Kier molecular flexibility index (Phi) is 3.84. The van der Waals surface area contributed by atoms with Gasteiger partial charge >= 0.3 is 0 Å². The molecule has 0 fully saturated rings. The van der Waals surface area contributed by atoms with Gasteiger partial charge in [-0.05, 0) is 36.6 Å². The highest BCUT2D eigenvalue weighted by atomic mass is 16.6. The number of fused-ring (bicyclic) bond motifs is 1. The van der Waals surface area contributed by atoms with Crippen LogP contribution in [0.2, 0.25) is 0 Å². The van der Waals surface area contributed by atoms with Gasteiger partial charge in [-0.2, -0.15) is 0 Å². The lowest BCUT2D eigenvalue weighted by molar-refractivity contribution is 0.146. The van der Waals surface area contributed by atoms with Crippen LogP contribution in [0.4, 0.5) is 0 Å². The maximum atomic E-state index is 10.6. The van der Waals surface area contributed by atoms with Crippen molar-refractivity contribution in [3.8, 4) is 11.5 Å². The van der Waals surface area contributed by atoms with Gasteiger partial charge in [0.25, 0.3) is 0 Å². The van der Waals surface area contributed by atoms with Crippen LogP contribution in [0.25, 0.3) is 0 Å². The van der Waals surface area contributed by atoms with Crippen LogP contribution in [0.15, 0.2) is 36.4 Å². The lowest BCUT2D eigenvalue weighted by atomic mass is 9.94. The fourth-order valence-corrected chi connectivity index (χ4v) is 2.83. The summed E-state index contributed by atoms with van der Waals surface area (Å²) >= 11 is 0. The number of rotatable bonds is 3. The van der Waals surface area contributed by atoms with Crippen LogP contribution >= 0.6 is 0 Å². The maximum absolute atomic E-state index is 10.6. The number of benzene rings is 2. The smallest absolute Gasteiger partial charge is 0.167 e. The van der Waals surface area contributed by atoms with E-state index in [9.17, 15) is 5.11 Å². The van der Waals surface area contributed by atoms with E-state index in [0.29, 0.717) is 25.4 Å². The van der Waals surface area contributed by atoms with Crippen molar-refractivity contribution in [3.05, 3.63) is 58.7 Å². The van der Waals surface area contributed by atoms with Crippen molar-refractivity contribution < 1.29 is 14.6 Å². The summed E-state index contributed by atoms with van der Waals surface area (Å²) < 4.78 is 11.3. The quantitative estimate of drug-likeness (QED) is 0.939. The molecule has 0 radical (unpaired) electrons. The van der Waals surface area contributed by atoms with Crippen LogP contribution < -0.4 is 9.47 Å². The van der Waals surface area contributed by atoms with Crippen molar-refractivity contribution >= 4 is 0 Å². The van der Waals surface area contributed by atoms with Gasteiger partial charge in [-0.3, -0.25) is 0 Å². The molecule has 2 aromatic carbocycles. The molecule has 1 heterocycles. The number of para-hydroxylation sites is 1. The first-order valence-corrected chi connectivity index (χ1v) is 7.28. The average Bonchev–Trinajstić information content (AvgIpc) is 2.50. The molecule has 1 atom stereocenters. The molecule has 3 nitrogen and oxygen atoms in total. The number of aliphatic hydroxyl groups excluding tert-OH is 1. The Morgan fingerprint density at radius 3 is 2.43 bits per heavy atom. The topological polar surface area (TPSA) is 38.7 Å². The molecule has 0 amide bonds. The van der Waals surface area contributed by atoms with Crippen molar-refractivity contribution in [2.75, 3.05) is 13.2 Å². The van der Waals surface area contributed by atoms with E-state index in [1.54, 1.807) is 0 Å². The van der Waals surface area contributed by atoms with Gasteiger partial charge in [-0.15, -0.1) is 0 Å². The summed E-state index contributed by atoms with van der Waals surface area (Å²) in [6, 6.07) is 11.9. The van der Waals surface area contributed by atoms with Crippen LogP contribution in [0.1, 0.15) is 28.4 Å². The highest BCUT2D eigenvalue weighted by molar-refractivity contribution is 5.49. The van der Waals surface area contributed by atoms with Crippen molar-refractivity contribution in [1.29, 1.82) is 0 Å². The molecule has 1 aliphatic heterocycles. The Labute approximate surface area is 125 Å². The Morgan fingerprint density at radius 1 is 1.00 bits per heavy atom. The predicted molar refractivity (Wildman–Crippen MR) is 82.0 cm³/mol. The van der Waals surface area contributed by atoms with Crippen molar-refractivity contribution in [2.45, 2.75) is 26.4 Å². The summed E-state index contributed by atoms with van der Waals surface area (Å²) in [5, 5.41) is 10.6. The minimum absolute atomic E-state index is 0.528. The first-order chi connectivity index (χ1) is 10.2. The summed E-state index contributed by atoms with van der Waals surface area (Å²) in [4.78, 5) is 0. The van der Waals surface area contributed by atoms with E-state index < -0.39 is 6.10 Å². The number of ether oxygens (including phenoxy) is 2. The van der Waals surface area contributed by atoms with Crippen molar-refractivity contribution in [3.63, 3.8) is 0 Å². The number of hydrogen-bond acceptors (Lipinski definition) is 3. The van der Waals surface area contributed by atoms with Crippen LogP contribution in [0, 0.1) is 13.8 Å².